The van der Waals surface area contributed by atoms with Gasteiger partial charge in [-0.1, -0.05) is 11.3 Å². The summed E-state index contributed by atoms with van der Waals surface area (Å²) in [6.45, 7) is -0.325. The largest absolute Gasteiger partial charge is 0.493 e. The molecule has 0 unspecified atom stereocenters. The third kappa shape index (κ3) is 4.92. The van der Waals surface area contributed by atoms with Crippen molar-refractivity contribution in [3.8, 4) is 11.5 Å². The summed E-state index contributed by atoms with van der Waals surface area (Å²) in [6.07, 6.45) is 1.05. The molecule has 3 rings (SSSR count). The van der Waals surface area contributed by atoms with Gasteiger partial charge < -0.3 is 18.8 Å². The molecule has 0 aliphatic heterocycles. The zero-order valence-electron chi connectivity index (χ0n) is 18.4. The lowest BCUT2D eigenvalue weighted by atomic mass is 10.1. The Labute approximate surface area is 197 Å². The summed E-state index contributed by atoms with van der Waals surface area (Å²) in [5.41, 5.74) is -0.482. The maximum absolute atomic E-state index is 13.0. The van der Waals surface area contributed by atoms with Crippen LogP contribution in [-0.4, -0.2) is 57.4 Å². The second kappa shape index (κ2) is 9.61. The molecule has 0 spiro atoms. The summed E-state index contributed by atoms with van der Waals surface area (Å²) in [4.78, 5) is 39.9. The van der Waals surface area contributed by atoms with Gasteiger partial charge in [0.2, 0.25) is 0 Å². The summed E-state index contributed by atoms with van der Waals surface area (Å²) >= 11 is 0.939. The fourth-order valence-electron chi connectivity index (χ4n) is 3.05. The van der Waals surface area contributed by atoms with Crippen molar-refractivity contribution in [3.63, 3.8) is 0 Å². The van der Waals surface area contributed by atoms with E-state index in [-0.39, 0.29) is 33.3 Å². The van der Waals surface area contributed by atoms with E-state index in [4.69, 9.17) is 14.2 Å². The Hall–Kier alpha value is -3.78. The van der Waals surface area contributed by atoms with Gasteiger partial charge in [0.25, 0.3) is 11.6 Å². The number of hydrogen-bond acceptors (Lipinski definition) is 10. The van der Waals surface area contributed by atoms with Crippen molar-refractivity contribution in [1.29, 1.82) is 0 Å². The van der Waals surface area contributed by atoms with Crippen LogP contribution >= 0.6 is 11.3 Å². The fourth-order valence-corrected chi connectivity index (χ4v) is 4.84. The Bertz CT molecular complexity index is 1490. The van der Waals surface area contributed by atoms with Gasteiger partial charge in [0.05, 0.1) is 47.4 Å². The quantitative estimate of drug-likeness (QED) is 0.264. The average Bonchev–Trinajstić information content (AvgIpc) is 3.13. The molecule has 1 heterocycles. The van der Waals surface area contributed by atoms with E-state index in [0.29, 0.717) is 10.2 Å². The predicted molar refractivity (Wildman–Crippen MR) is 121 cm³/mol. The highest BCUT2D eigenvalue weighted by molar-refractivity contribution is 7.90. The van der Waals surface area contributed by atoms with Gasteiger partial charge in [-0.3, -0.25) is 19.7 Å². The number of hydrogen-bond donors (Lipinski definition) is 0. The molecule has 0 radical (unpaired) electrons. The highest BCUT2D eigenvalue weighted by Crippen LogP contribution is 2.35. The van der Waals surface area contributed by atoms with E-state index in [1.165, 1.54) is 44.1 Å². The Morgan fingerprint density at radius 3 is 2.32 bits per heavy atom. The minimum atomic E-state index is -3.51. The standard InChI is InChI=1S/C20H19N3O9S2/c1-30-15-8-12(14(23(26)27)9-16(15)31-2)19(25)21-20-22(10-18(24)32-3)13-6-5-11(34(4,28)29)7-17(13)33-20/h5-9H,10H2,1-4H3. The lowest BCUT2D eigenvalue weighted by Crippen LogP contribution is -2.22. The van der Waals surface area contributed by atoms with Gasteiger partial charge in [0, 0.05) is 12.3 Å². The molecule has 0 bridgehead atoms. The molecule has 0 N–H and O–H groups in total. The lowest BCUT2D eigenvalue weighted by molar-refractivity contribution is -0.385. The van der Waals surface area contributed by atoms with E-state index >= 15 is 0 Å². The molecular weight excluding hydrogens is 490 g/mol. The third-order valence-electron chi connectivity index (χ3n) is 4.72. The van der Waals surface area contributed by atoms with Crippen LogP contribution in [0.4, 0.5) is 5.69 Å². The van der Waals surface area contributed by atoms with Crippen LogP contribution in [0.2, 0.25) is 0 Å². The number of aromatic nitrogens is 1. The molecular formula is C20H19N3O9S2. The first-order valence-corrected chi connectivity index (χ1v) is 12.1. The highest BCUT2D eigenvalue weighted by atomic mass is 32.2. The summed E-state index contributed by atoms with van der Waals surface area (Å²) < 4.78 is 40.6. The number of nitro groups is 1. The van der Waals surface area contributed by atoms with E-state index in [1.807, 2.05) is 0 Å². The molecule has 0 atom stereocenters. The number of fused-ring (bicyclic) bond motifs is 1. The molecule has 0 saturated heterocycles. The van der Waals surface area contributed by atoms with Gasteiger partial charge in [-0.15, -0.1) is 0 Å². The van der Waals surface area contributed by atoms with Crippen molar-refractivity contribution in [2.45, 2.75) is 11.4 Å². The zero-order valence-corrected chi connectivity index (χ0v) is 20.1. The van der Waals surface area contributed by atoms with Crippen molar-refractivity contribution < 1.29 is 37.1 Å². The second-order valence-corrected chi connectivity index (χ2v) is 9.87. The molecule has 180 valence electrons. The smallest absolute Gasteiger partial charge is 0.325 e. The molecule has 3 aromatic rings. The molecule has 1 aromatic heterocycles. The predicted octanol–water partition coefficient (Wildman–Crippen LogP) is 1.95. The van der Waals surface area contributed by atoms with Crippen LogP contribution in [0, 0.1) is 10.1 Å². The summed E-state index contributed by atoms with van der Waals surface area (Å²) in [5.74, 6) is -1.47. The number of methoxy groups -OCH3 is 3. The van der Waals surface area contributed by atoms with Crippen LogP contribution in [0.3, 0.4) is 0 Å². The third-order valence-corrected chi connectivity index (χ3v) is 6.87. The number of rotatable bonds is 7. The number of sulfone groups is 1. The fraction of sp³-hybridized carbons (Fsp3) is 0.250. The molecule has 0 saturated carbocycles. The van der Waals surface area contributed by atoms with Gasteiger partial charge in [-0.2, -0.15) is 4.99 Å². The minimum absolute atomic E-state index is 0.0140. The SMILES string of the molecule is COC(=O)Cn1c(=NC(=O)c2cc(OC)c(OC)cc2[N+](=O)[O-])sc2cc(S(C)(=O)=O)ccc21. The Morgan fingerprint density at radius 1 is 1.12 bits per heavy atom. The molecule has 0 fully saturated rings. The van der Waals surface area contributed by atoms with E-state index in [2.05, 4.69) is 4.99 Å². The van der Waals surface area contributed by atoms with Crippen LogP contribution in [0.1, 0.15) is 10.4 Å². The van der Waals surface area contributed by atoms with Gasteiger partial charge in [-0.05, 0) is 18.2 Å². The summed E-state index contributed by atoms with van der Waals surface area (Å²) in [6, 6.07) is 6.43. The van der Waals surface area contributed by atoms with E-state index < -0.39 is 32.3 Å². The number of carbonyl (C=O) groups is 2. The number of esters is 1. The van der Waals surface area contributed by atoms with Gasteiger partial charge >= 0.3 is 5.97 Å². The molecule has 1 amide bonds. The van der Waals surface area contributed by atoms with Crippen molar-refractivity contribution in [2.75, 3.05) is 27.6 Å². The maximum atomic E-state index is 13.0. The molecule has 0 aliphatic rings. The summed E-state index contributed by atoms with van der Waals surface area (Å²) in [5, 5.41) is 11.6. The first-order chi connectivity index (χ1) is 16.0. The van der Waals surface area contributed by atoms with Gasteiger partial charge in [-0.25, -0.2) is 8.42 Å². The Morgan fingerprint density at radius 2 is 1.76 bits per heavy atom. The normalized spacial score (nSPS) is 11.9. The topological polar surface area (TPSA) is 156 Å². The number of carbonyl (C=O) groups excluding carboxylic acids is 2. The van der Waals surface area contributed by atoms with Crippen LogP contribution in [-0.2, 0) is 25.9 Å². The Kier molecular flexibility index (Phi) is 7.02. The van der Waals surface area contributed by atoms with Gasteiger partial charge in [0.15, 0.2) is 26.1 Å². The molecule has 14 heteroatoms. The maximum Gasteiger partial charge on any atom is 0.325 e. The van der Waals surface area contributed by atoms with Crippen LogP contribution in [0.25, 0.3) is 10.2 Å². The van der Waals surface area contributed by atoms with Crippen molar-refractivity contribution in [2.24, 2.45) is 4.99 Å². The van der Waals surface area contributed by atoms with Crippen LogP contribution in [0.15, 0.2) is 40.2 Å². The first kappa shape index (κ1) is 24.9. The molecule has 2 aromatic carbocycles. The zero-order chi connectivity index (χ0) is 25.2. The lowest BCUT2D eigenvalue weighted by Gasteiger charge is -2.09. The number of nitro benzene ring substituents is 1. The second-order valence-electron chi connectivity index (χ2n) is 6.85. The average molecular weight is 510 g/mol. The van der Waals surface area contributed by atoms with Crippen molar-refractivity contribution in [1.82, 2.24) is 4.57 Å². The summed E-state index contributed by atoms with van der Waals surface area (Å²) in [7, 11) is 0.282. The van der Waals surface area contributed by atoms with Crippen LogP contribution in [0.5, 0.6) is 11.5 Å². The monoisotopic (exact) mass is 509 g/mol. The number of amides is 1. The molecule has 12 nitrogen and oxygen atoms in total. The molecule has 34 heavy (non-hydrogen) atoms. The van der Waals surface area contributed by atoms with Crippen molar-refractivity contribution >= 4 is 49.0 Å². The molecule has 0 aliphatic carbocycles. The Balaban J connectivity index is 2.26. The van der Waals surface area contributed by atoms with E-state index in [9.17, 15) is 28.1 Å². The van der Waals surface area contributed by atoms with Crippen molar-refractivity contribution in [3.05, 3.63) is 50.8 Å². The number of nitrogens with zero attached hydrogens (tertiary/aromatic N) is 3. The number of ether oxygens (including phenoxy) is 3. The van der Waals surface area contributed by atoms with E-state index in [1.54, 1.807) is 0 Å². The highest BCUT2D eigenvalue weighted by Gasteiger charge is 2.25. The van der Waals surface area contributed by atoms with Gasteiger partial charge in [0.1, 0.15) is 12.1 Å². The van der Waals surface area contributed by atoms with Crippen LogP contribution < -0.4 is 14.3 Å². The minimum Gasteiger partial charge on any atom is -0.493 e. The number of thiazole rings is 1. The number of benzene rings is 2. The van der Waals surface area contributed by atoms with E-state index in [0.717, 1.165) is 29.7 Å². The first-order valence-electron chi connectivity index (χ1n) is 9.40.